The molecule has 3 rings (SSSR count). The maximum absolute atomic E-state index is 5.91. The molecule has 2 aliphatic carbocycles. The van der Waals surface area contributed by atoms with Crippen molar-refractivity contribution in [2.45, 2.75) is 56.2 Å². The molecule has 0 saturated heterocycles. The Kier molecular flexibility index (Phi) is 4.69. The molecule has 114 valence electrons. The monoisotopic (exact) mass is 321 g/mol. The molecule has 1 heterocycles. The molecular weight excluding hydrogens is 298 g/mol. The van der Waals surface area contributed by atoms with Gasteiger partial charge < -0.3 is 11.1 Å². The van der Waals surface area contributed by atoms with Crippen LogP contribution in [0, 0.1) is 0 Å². The lowest BCUT2D eigenvalue weighted by Gasteiger charge is -2.29. The number of aryl methyl sites for hydroxylation is 2. The van der Waals surface area contributed by atoms with E-state index in [2.05, 4.69) is 17.6 Å². The van der Waals surface area contributed by atoms with Crippen molar-refractivity contribution in [1.82, 2.24) is 4.98 Å². The van der Waals surface area contributed by atoms with Crippen molar-refractivity contribution < 1.29 is 0 Å². The van der Waals surface area contributed by atoms with Crippen molar-refractivity contribution in [3.63, 3.8) is 0 Å². The highest BCUT2D eigenvalue weighted by Crippen LogP contribution is 2.31. The normalized spacial score (nSPS) is 24.6. The van der Waals surface area contributed by atoms with Crippen LogP contribution < -0.4 is 11.1 Å². The third-order valence-electron chi connectivity index (χ3n) is 4.62. The largest absolute Gasteiger partial charge is 0.389 e. The third kappa shape index (κ3) is 3.34. The Labute approximate surface area is 136 Å². The second-order valence-corrected chi connectivity index (χ2v) is 7.65. The minimum atomic E-state index is 0.455. The zero-order chi connectivity index (χ0) is 14.8. The fraction of sp³-hybridized carbons (Fsp3) is 0.625. The van der Waals surface area contributed by atoms with Crippen molar-refractivity contribution in [2.75, 3.05) is 11.6 Å². The number of pyridine rings is 1. The van der Waals surface area contributed by atoms with E-state index in [4.69, 9.17) is 22.9 Å². The third-order valence-corrected chi connectivity index (χ3v) is 5.93. The average molecular weight is 322 g/mol. The first-order valence-electron chi connectivity index (χ1n) is 7.79. The Morgan fingerprint density at radius 1 is 1.38 bits per heavy atom. The maximum Gasteiger partial charge on any atom is 0.136 e. The van der Waals surface area contributed by atoms with E-state index in [0.29, 0.717) is 11.0 Å². The summed E-state index contributed by atoms with van der Waals surface area (Å²) in [4.78, 5) is 5.29. The van der Waals surface area contributed by atoms with Gasteiger partial charge in [-0.15, -0.1) is 0 Å². The van der Waals surface area contributed by atoms with E-state index in [1.54, 1.807) is 0 Å². The Balaban J connectivity index is 1.82. The first kappa shape index (κ1) is 15.1. The number of thiocarbonyl (C=S) groups is 1. The zero-order valence-electron chi connectivity index (χ0n) is 12.5. The number of nitrogens with zero attached hydrogens (tertiary/aromatic N) is 1. The van der Waals surface area contributed by atoms with Crippen molar-refractivity contribution >= 4 is 34.8 Å². The van der Waals surface area contributed by atoms with Gasteiger partial charge in [-0.1, -0.05) is 18.6 Å². The minimum absolute atomic E-state index is 0.455. The van der Waals surface area contributed by atoms with Crippen LogP contribution in [0.15, 0.2) is 6.07 Å². The summed E-state index contributed by atoms with van der Waals surface area (Å²) in [7, 11) is 0. The van der Waals surface area contributed by atoms with Gasteiger partial charge in [0.1, 0.15) is 10.8 Å². The molecule has 0 bridgehead atoms. The second kappa shape index (κ2) is 6.53. The molecule has 3 nitrogen and oxygen atoms in total. The molecule has 5 heteroatoms. The summed E-state index contributed by atoms with van der Waals surface area (Å²) in [5.41, 5.74) is 9.40. The first-order valence-corrected chi connectivity index (χ1v) is 9.49. The number of nitrogens with one attached hydrogen (secondary N) is 1. The van der Waals surface area contributed by atoms with E-state index in [-0.39, 0.29) is 0 Å². The molecule has 0 amide bonds. The smallest absolute Gasteiger partial charge is 0.136 e. The lowest BCUT2D eigenvalue weighted by molar-refractivity contribution is 0.472. The number of nitrogens with two attached hydrogens (primary N) is 1. The average Bonchev–Trinajstić information content (AvgIpc) is 2.93. The van der Waals surface area contributed by atoms with Gasteiger partial charge in [0.2, 0.25) is 0 Å². The van der Waals surface area contributed by atoms with Gasteiger partial charge >= 0.3 is 0 Å². The molecule has 21 heavy (non-hydrogen) atoms. The lowest BCUT2D eigenvalue weighted by atomic mass is 9.94. The van der Waals surface area contributed by atoms with Gasteiger partial charge in [-0.2, -0.15) is 11.8 Å². The molecule has 0 spiro atoms. The van der Waals surface area contributed by atoms with Crippen LogP contribution in [-0.4, -0.2) is 27.5 Å². The SMILES string of the molecule is CSC1CCCC(Nc2nc3c(cc2C(N)=S)CCC3)C1. The number of hydrogen-bond donors (Lipinski definition) is 2. The fourth-order valence-electron chi connectivity index (χ4n) is 3.45. The first-order chi connectivity index (χ1) is 10.2. The number of aromatic nitrogens is 1. The van der Waals surface area contributed by atoms with Crippen LogP contribution in [0.1, 0.15) is 48.9 Å². The standard InChI is InChI=1S/C16H23N3S2/c1-21-12-6-3-5-11(9-12)18-16-13(15(17)20)8-10-4-2-7-14(10)19-16/h8,11-12H,2-7,9H2,1H3,(H2,17,20)(H,18,19). The Hall–Kier alpha value is -0.810. The predicted molar refractivity (Wildman–Crippen MR) is 95.3 cm³/mol. The Morgan fingerprint density at radius 3 is 3.00 bits per heavy atom. The van der Waals surface area contributed by atoms with Gasteiger partial charge in [0.25, 0.3) is 0 Å². The molecule has 2 unspecified atom stereocenters. The number of fused-ring (bicyclic) bond motifs is 1. The van der Waals surface area contributed by atoms with Crippen LogP contribution in [0.3, 0.4) is 0 Å². The summed E-state index contributed by atoms with van der Waals surface area (Å²) >= 11 is 7.21. The summed E-state index contributed by atoms with van der Waals surface area (Å²) in [6.45, 7) is 0. The van der Waals surface area contributed by atoms with E-state index in [9.17, 15) is 0 Å². The van der Waals surface area contributed by atoms with Crippen LogP contribution in [0.2, 0.25) is 0 Å². The highest BCUT2D eigenvalue weighted by molar-refractivity contribution is 7.99. The second-order valence-electron chi connectivity index (χ2n) is 6.07. The maximum atomic E-state index is 5.91. The van der Waals surface area contributed by atoms with E-state index in [0.717, 1.165) is 29.5 Å². The summed E-state index contributed by atoms with van der Waals surface area (Å²) < 4.78 is 0. The van der Waals surface area contributed by atoms with E-state index >= 15 is 0 Å². The molecule has 0 aromatic carbocycles. The molecule has 2 atom stereocenters. The molecule has 0 aliphatic heterocycles. The van der Waals surface area contributed by atoms with Crippen molar-refractivity contribution in [2.24, 2.45) is 5.73 Å². The van der Waals surface area contributed by atoms with Crippen LogP contribution in [-0.2, 0) is 12.8 Å². The summed E-state index contributed by atoms with van der Waals surface area (Å²) in [6, 6.07) is 2.66. The van der Waals surface area contributed by atoms with Crippen molar-refractivity contribution in [3.05, 3.63) is 22.9 Å². The molecule has 1 aromatic rings. The summed E-state index contributed by atoms with van der Waals surface area (Å²) in [5.74, 6) is 0.912. The molecule has 1 saturated carbocycles. The van der Waals surface area contributed by atoms with Crippen molar-refractivity contribution in [1.29, 1.82) is 0 Å². The highest BCUT2D eigenvalue weighted by atomic mass is 32.2. The van der Waals surface area contributed by atoms with E-state index in [1.807, 2.05) is 11.8 Å². The van der Waals surface area contributed by atoms with Gasteiger partial charge in [-0.05, 0) is 56.4 Å². The van der Waals surface area contributed by atoms with E-state index < -0.39 is 0 Å². The lowest BCUT2D eigenvalue weighted by Crippen LogP contribution is -2.30. The summed E-state index contributed by atoms with van der Waals surface area (Å²) in [5, 5.41) is 4.40. The number of anilines is 1. The van der Waals surface area contributed by atoms with Gasteiger partial charge in [0.15, 0.2) is 0 Å². The van der Waals surface area contributed by atoms with Crippen LogP contribution in [0.5, 0.6) is 0 Å². The van der Waals surface area contributed by atoms with E-state index in [1.165, 1.54) is 43.4 Å². The van der Waals surface area contributed by atoms with Gasteiger partial charge in [-0.25, -0.2) is 4.98 Å². The molecule has 1 aromatic heterocycles. The van der Waals surface area contributed by atoms with Gasteiger partial charge in [0, 0.05) is 17.0 Å². The van der Waals surface area contributed by atoms with Crippen LogP contribution in [0.25, 0.3) is 0 Å². The number of hydrogen-bond acceptors (Lipinski definition) is 4. The molecule has 0 radical (unpaired) electrons. The Morgan fingerprint density at radius 2 is 2.24 bits per heavy atom. The predicted octanol–water partition coefficient (Wildman–Crippen LogP) is 3.29. The Bertz CT molecular complexity index is 545. The number of rotatable bonds is 4. The molecule has 1 fully saturated rings. The number of thioether (sulfide) groups is 1. The van der Waals surface area contributed by atoms with Crippen LogP contribution >= 0.6 is 24.0 Å². The molecule has 3 N–H and O–H groups in total. The van der Waals surface area contributed by atoms with Gasteiger partial charge in [-0.3, -0.25) is 0 Å². The van der Waals surface area contributed by atoms with Gasteiger partial charge in [0.05, 0.1) is 5.56 Å². The molecular formula is C16H23N3S2. The van der Waals surface area contributed by atoms with Crippen molar-refractivity contribution in [3.8, 4) is 0 Å². The van der Waals surface area contributed by atoms with Crippen LogP contribution in [0.4, 0.5) is 5.82 Å². The minimum Gasteiger partial charge on any atom is -0.389 e. The zero-order valence-corrected chi connectivity index (χ0v) is 14.2. The fourth-order valence-corrected chi connectivity index (χ4v) is 4.44. The molecule has 2 aliphatic rings. The topological polar surface area (TPSA) is 50.9 Å². The quantitative estimate of drug-likeness (QED) is 0.834. The highest BCUT2D eigenvalue weighted by Gasteiger charge is 2.24. The summed E-state index contributed by atoms with van der Waals surface area (Å²) in [6.07, 6.45) is 10.6.